The molecule has 1 heteroatoms. The molecule has 64 valence electrons. The van der Waals surface area contributed by atoms with E-state index in [0.29, 0.717) is 3.43 Å². The van der Waals surface area contributed by atoms with Crippen LogP contribution in [0.1, 0.15) is 27.2 Å². The van der Waals surface area contributed by atoms with Crippen LogP contribution in [0.3, 0.4) is 0 Å². The minimum atomic E-state index is -1.68. The molecule has 0 spiro atoms. The molecule has 0 saturated carbocycles. The molecule has 1 aliphatic heterocycles. The van der Waals surface area contributed by atoms with Gasteiger partial charge >= 0.3 is 75.0 Å². The Morgan fingerprint density at radius 3 is 2.27 bits per heavy atom. The Morgan fingerprint density at radius 1 is 1.36 bits per heavy atom. The SMILES string of the molecule is CC1=CC[C](C)(C)[Sn]([CH3])([CH3])[CH2]1. The van der Waals surface area contributed by atoms with Crippen LogP contribution in [0, 0.1) is 0 Å². The fourth-order valence-corrected chi connectivity index (χ4v) is 9.34. The predicted molar refractivity (Wildman–Crippen MR) is 54.7 cm³/mol. The standard InChI is InChI=1S/C8H14.2CH3.Sn/c1-7(2)5-6-8(3)4;;;/h5H,1,6H2,2-4H3;2*1H3;. The Balaban J connectivity index is 2.89. The first-order valence-electron chi connectivity index (χ1n) is 4.51. The quantitative estimate of drug-likeness (QED) is 0.458. The van der Waals surface area contributed by atoms with Gasteiger partial charge in [0.1, 0.15) is 0 Å². The van der Waals surface area contributed by atoms with Gasteiger partial charge in [0.25, 0.3) is 0 Å². The van der Waals surface area contributed by atoms with Crippen molar-refractivity contribution in [1.82, 2.24) is 0 Å². The maximum absolute atomic E-state index is 2.59. The number of allylic oxidation sites excluding steroid dienone is 2. The molecule has 0 aromatic heterocycles. The van der Waals surface area contributed by atoms with Crippen LogP contribution in [0.4, 0.5) is 0 Å². The molecule has 0 aliphatic carbocycles. The van der Waals surface area contributed by atoms with E-state index in [-0.39, 0.29) is 0 Å². The van der Waals surface area contributed by atoms with E-state index in [1.165, 1.54) is 10.9 Å². The van der Waals surface area contributed by atoms with Gasteiger partial charge in [-0.3, -0.25) is 0 Å². The van der Waals surface area contributed by atoms with E-state index in [1.54, 1.807) is 5.57 Å². The summed E-state index contributed by atoms with van der Waals surface area (Å²) in [6, 6.07) is 0. The van der Waals surface area contributed by atoms with Gasteiger partial charge in [0.2, 0.25) is 0 Å². The van der Waals surface area contributed by atoms with E-state index in [1.807, 2.05) is 0 Å². The van der Waals surface area contributed by atoms with E-state index in [4.69, 9.17) is 0 Å². The molecule has 0 N–H and O–H groups in total. The summed E-state index contributed by atoms with van der Waals surface area (Å²) >= 11 is -1.68. The summed E-state index contributed by atoms with van der Waals surface area (Å²) in [6.07, 6.45) is 3.78. The predicted octanol–water partition coefficient (Wildman–Crippen LogP) is 3.83. The Hall–Kier alpha value is 0.539. The van der Waals surface area contributed by atoms with Crippen molar-refractivity contribution in [2.75, 3.05) is 0 Å². The van der Waals surface area contributed by atoms with Gasteiger partial charge in [0, 0.05) is 0 Å². The van der Waals surface area contributed by atoms with E-state index in [0.717, 1.165) is 0 Å². The molecule has 0 aromatic carbocycles. The van der Waals surface area contributed by atoms with Gasteiger partial charge in [-0.1, -0.05) is 0 Å². The van der Waals surface area contributed by atoms with Gasteiger partial charge in [0.15, 0.2) is 0 Å². The van der Waals surface area contributed by atoms with E-state index in [9.17, 15) is 0 Å². The van der Waals surface area contributed by atoms with Crippen molar-refractivity contribution in [3.8, 4) is 0 Å². The molecule has 0 fully saturated rings. The number of rotatable bonds is 0. The van der Waals surface area contributed by atoms with Crippen LogP contribution in [0.25, 0.3) is 0 Å². The third kappa shape index (κ3) is 1.82. The van der Waals surface area contributed by atoms with Gasteiger partial charge in [-0.15, -0.1) is 0 Å². The molecular weight excluding hydrogens is 239 g/mol. The molecule has 11 heavy (non-hydrogen) atoms. The van der Waals surface area contributed by atoms with Crippen molar-refractivity contribution >= 4 is 18.4 Å². The molecule has 0 saturated heterocycles. The van der Waals surface area contributed by atoms with Crippen LogP contribution >= 0.6 is 0 Å². The van der Waals surface area contributed by atoms with Crippen molar-refractivity contribution in [2.45, 2.75) is 44.9 Å². The molecule has 1 aliphatic rings. The molecule has 0 bridgehead atoms. The Bertz CT molecular complexity index is 187. The van der Waals surface area contributed by atoms with E-state index >= 15 is 0 Å². The molecule has 0 atom stereocenters. The normalized spacial score (nSPS) is 27.9. The Morgan fingerprint density at radius 2 is 1.91 bits per heavy atom. The molecule has 1 rings (SSSR count). The fraction of sp³-hybridized carbons (Fsp3) is 0.800. The molecule has 0 amide bonds. The van der Waals surface area contributed by atoms with E-state index in [2.05, 4.69) is 36.7 Å². The second kappa shape index (κ2) is 2.79. The summed E-state index contributed by atoms with van der Waals surface area (Å²) in [5.74, 6) is 0. The third-order valence-corrected chi connectivity index (χ3v) is 18.7. The zero-order valence-electron chi connectivity index (χ0n) is 8.49. The summed E-state index contributed by atoms with van der Waals surface area (Å²) in [5, 5.41) is 0. The fourth-order valence-electron chi connectivity index (χ4n) is 1.71. The van der Waals surface area contributed by atoms with Crippen LogP contribution in [-0.2, 0) is 0 Å². The minimum absolute atomic E-state index is 0.689. The van der Waals surface area contributed by atoms with Crippen molar-refractivity contribution in [3.63, 3.8) is 0 Å². The van der Waals surface area contributed by atoms with Crippen LogP contribution in [0.15, 0.2) is 11.6 Å². The molecule has 0 nitrogen and oxygen atoms in total. The zero-order valence-corrected chi connectivity index (χ0v) is 11.3. The first-order valence-corrected chi connectivity index (χ1v) is 13.7. The maximum atomic E-state index is 2.59. The number of hydrogen-bond donors (Lipinski definition) is 0. The average molecular weight is 259 g/mol. The van der Waals surface area contributed by atoms with Crippen LogP contribution in [0.5, 0.6) is 0 Å². The molecule has 0 unspecified atom stereocenters. The second-order valence-corrected chi connectivity index (χ2v) is 20.8. The number of hydrogen-bond acceptors (Lipinski definition) is 0. The summed E-state index contributed by atoms with van der Waals surface area (Å²) in [7, 11) is 0. The second-order valence-electron chi connectivity index (χ2n) is 5.20. The molecule has 1 heterocycles. The topological polar surface area (TPSA) is 0 Å². The van der Waals surface area contributed by atoms with Gasteiger partial charge in [-0.05, 0) is 0 Å². The van der Waals surface area contributed by atoms with Gasteiger partial charge in [-0.25, -0.2) is 0 Å². The monoisotopic (exact) mass is 260 g/mol. The average Bonchev–Trinajstić information content (AvgIpc) is 1.80. The molecule has 0 radical (unpaired) electrons. The molecular formula is C10H20Sn. The van der Waals surface area contributed by atoms with Crippen LogP contribution in [0.2, 0.25) is 17.7 Å². The summed E-state index contributed by atoms with van der Waals surface area (Å²) in [4.78, 5) is 5.18. The van der Waals surface area contributed by atoms with E-state index < -0.39 is 18.4 Å². The van der Waals surface area contributed by atoms with Crippen molar-refractivity contribution < 1.29 is 0 Å². The van der Waals surface area contributed by atoms with Crippen LogP contribution < -0.4 is 0 Å². The van der Waals surface area contributed by atoms with Crippen LogP contribution in [-0.4, -0.2) is 18.4 Å². The van der Waals surface area contributed by atoms with Crippen molar-refractivity contribution in [2.24, 2.45) is 0 Å². The Labute approximate surface area is 74.9 Å². The summed E-state index contributed by atoms with van der Waals surface area (Å²) < 4.78 is 2.16. The zero-order chi connectivity index (χ0) is 8.70. The van der Waals surface area contributed by atoms with Gasteiger partial charge in [0.05, 0.1) is 0 Å². The van der Waals surface area contributed by atoms with Crippen molar-refractivity contribution in [1.29, 1.82) is 0 Å². The summed E-state index contributed by atoms with van der Waals surface area (Å²) in [6.45, 7) is 7.23. The molecule has 0 aromatic rings. The van der Waals surface area contributed by atoms with Gasteiger partial charge in [-0.2, -0.15) is 0 Å². The first-order chi connectivity index (χ1) is 4.85. The Kier molecular flexibility index (Phi) is 2.44. The third-order valence-electron chi connectivity index (χ3n) is 3.51. The summed E-state index contributed by atoms with van der Waals surface area (Å²) in [5.41, 5.74) is 1.66. The van der Waals surface area contributed by atoms with Crippen molar-refractivity contribution in [3.05, 3.63) is 11.6 Å². The van der Waals surface area contributed by atoms with Gasteiger partial charge < -0.3 is 0 Å². The first kappa shape index (κ1) is 9.63.